The minimum absolute atomic E-state index is 0.236. The fourth-order valence-electron chi connectivity index (χ4n) is 5.95. The number of fused-ring (bicyclic) bond motifs is 1. The first-order chi connectivity index (χ1) is 16.2. The second-order valence-corrected chi connectivity index (χ2v) is 12.7. The molecule has 6 heteroatoms. The number of thioether (sulfide) groups is 1. The summed E-state index contributed by atoms with van der Waals surface area (Å²) in [6, 6.07) is 7.73. The van der Waals surface area contributed by atoms with Gasteiger partial charge in [0.25, 0.3) is 0 Å². The molecule has 190 valence electrons. The Bertz CT molecular complexity index is 860. The molecule has 3 aliphatic rings. The van der Waals surface area contributed by atoms with Crippen LogP contribution in [0.2, 0.25) is 0 Å². The van der Waals surface area contributed by atoms with E-state index >= 15 is 0 Å². The third-order valence-corrected chi connectivity index (χ3v) is 9.45. The number of rotatable bonds is 9. The fourth-order valence-corrected chi connectivity index (χ4v) is 7.00. The largest absolute Gasteiger partial charge is 0.396 e. The van der Waals surface area contributed by atoms with Crippen LogP contribution < -0.4 is 11.1 Å². The Kier molecular flexibility index (Phi) is 8.36. The number of aliphatic hydroxyl groups excluding tert-OH is 1. The number of nitrogens with two attached hydrogens (primary N) is 1. The number of nitrogens with one attached hydrogen (secondary N) is 1. The van der Waals surface area contributed by atoms with Gasteiger partial charge in [-0.25, -0.2) is 0 Å². The van der Waals surface area contributed by atoms with Crippen molar-refractivity contribution in [1.29, 1.82) is 0 Å². The van der Waals surface area contributed by atoms with Gasteiger partial charge in [-0.15, -0.1) is 0 Å². The molecule has 1 fully saturated rings. The lowest BCUT2D eigenvalue weighted by Gasteiger charge is -2.42. The minimum atomic E-state index is 0.236. The lowest BCUT2D eigenvalue weighted by molar-refractivity contribution is 0.0789. The maximum Gasteiger partial charge on any atom is 0.132 e. The van der Waals surface area contributed by atoms with Crippen molar-refractivity contribution in [2.45, 2.75) is 88.6 Å². The van der Waals surface area contributed by atoms with Gasteiger partial charge in [-0.05, 0) is 84.1 Å². The van der Waals surface area contributed by atoms with Crippen LogP contribution in [0.1, 0.15) is 82.9 Å². The van der Waals surface area contributed by atoms with Crippen molar-refractivity contribution < 1.29 is 5.11 Å². The molecule has 4 N–H and O–H groups in total. The van der Waals surface area contributed by atoms with Crippen molar-refractivity contribution in [2.24, 2.45) is 5.73 Å². The third-order valence-electron chi connectivity index (χ3n) is 8.40. The Hall–Kier alpha value is -1.05. The van der Waals surface area contributed by atoms with E-state index in [0.29, 0.717) is 18.1 Å². The van der Waals surface area contributed by atoms with E-state index < -0.39 is 0 Å². The smallest absolute Gasteiger partial charge is 0.132 e. The predicted molar refractivity (Wildman–Crippen MR) is 146 cm³/mol. The van der Waals surface area contributed by atoms with Crippen LogP contribution in [-0.4, -0.2) is 65.8 Å². The molecule has 1 saturated heterocycles. The van der Waals surface area contributed by atoms with Gasteiger partial charge >= 0.3 is 0 Å². The van der Waals surface area contributed by atoms with Crippen LogP contribution >= 0.6 is 11.8 Å². The average Bonchev–Trinajstić information content (AvgIpc) is 3.32. The van der Waals surface area contributed by atoms with Gasteiger partial charge in [0.1, 0.15) is 5.50 Å². The molecule has 0 amide bonds. The normalized spacial score (nSPS) is 25.5. The summed E-state index contributed by atoms with van der Waals surface area (Å²) in [5.74, 6) is 0. The SMILES string of the molecule is CC1(C)CCC(C)(C)c2cc(C3=CSC(N4CCN(C(CCN)CCCCO)CC4)N3)ccc21. The summed E-state index contributed by atoms with van der Waals surface area (Å²) in [6.07, 6.45) is 6.68. The van der Waals surface area contributed by atoms with Crippen LogP contribution in [0.15, 0.2) is 23.6 Å². The van der Waals surface area contributed by atoms with Crippen molar-refractivity contribution in [1.82, 2.24) is 15.1 Å². The molecule has 2 atom stereocenters. The molecule has 2 unspecified atom stereocenters. The van der Waals surface area contributed by atoms with Gasteiger partial charge in [0.2, 0.25) is 0 Å². The highest BCUT2D eigenvalue weighted by Crippen LogP contribution is 2.46. The van der Waals surface area contributed by atoms with Gasteiger partial charge in [0.05, 0.1) is 0 Å². The Balaban J connectivity index is 1.36. The van der Waals surface area contributed by atoms with Gasteiger partial charge in [-0.1, -0.05) is 51.6 Å². The van der Waals surface area contributed by atoms with Crippen molar-refractivity contribution in [3.8, 4) is 0 Å². The fraction of sp³-hybridized carbons (Fsp3) is 0.714. The van der Waals surface area contributed by atoms with E-state index in [1.54, 1.807) is 0 Å². The number of hydrogen-bond acceptors (Lipinski definition) is 6. The summed E-state index contributed by atoms with van der Waals surface area (Å²) in [7, 11) is 0. The second-order valence-electron chi connectivity index (χ2n) is 11.7. The molecule has 1 aromatic rings. The summed E-state index contributed by atoms with van der Waals surface area (Å²) in [6.45, 7) is 15.0. The van der Waals surface area contributed by atoms with E-state index in [1.807, 2.05) is 11.8 Å². The maximum atomic E-state index is 9.13. The monoisotopic (exact) mass is 486 g/mol. The number of nitrogens with zero attached hydrogens (tertiary/aromatic N) is 2. The molecule has 0 saturated carbocycles. The lowest BCUT2D eigenvalue weighted by Crippen LogP contribution is -2.54. The van der Waals surface area contributed by atoms with Crippen molar-refractivity contribution >= 4 is 17.5 Å². The van der Waals surface area contributed by atoms with Gasteiger partial charge in [0, 0.05) is 44.5 Å². The predicted octanol–water partition coefficient (Wildman–Crippen LogP) is 4.45. The van der Waals surface area contributed by atoms with E-state index in [9.17, 15) is 0 Å². The van der Waals surface area contributed by atoms with Crippen molar-refractivity contribution in [3.63, 3.8) is 0 Å². The molecule has 2 heterocycles. The molecule has 0 bridgehead atoms. The Morgan fingerprint density at radius 1 is 1.03 bits per heavy atom. The van der Waals surface area contributed by atoms with Crippen molar-refractivity contribution in [2.75, 3.05) is 39.3 Å². The molecule has 1 aliphatic carbocycles. The average molecular weight is 487 g/mol. The van der Waals surface area contributed by atoms with E-state index in [-0.39, 0.29) is 10.8 Å². The molecule has 0 aromatic heterocycles. The van der Waals surface area contributed by atoms with Crippen LogP contribution in [0.25, 0.3) is 5.70 Å². The third kappa shape index (κ3) is 5.67. The van der Waals surface area contributed by atoms with Gasteiger partial charge in [-0.2, -0.15) is 0 Å². The lowest BCUT2D eigenvalue weighted by atomic mass is 9.63. The molecule has 34 heavy (non-hydrogen) atoms. The van der Waals surface area contributed by atoms with Crippen molar-refractivity contribution in [3.05, 3.63) is 40.3 Å². The molecular formula is C28H46N4OS. The first-order valence-electron chi connectivity index (χ1n) is 13.3. The zero-order valence-corrected chi connectivity index (χ0v) is 22.6. The summed E-state index contributed by atoms with van der Waals surface area (Å²) < 4.78 is 0. The maximum absolute atomic E-state index is 9.13. The zero-order valence-electron chi connectivity index (χ0n) is 21.8. The summed E-state index contributed by atoms with van der Waals surface area (Å²) in [5.41, 5.74) is 12.4. The van der Waals surface area contributed by atoms with Crippen LogP contribution in [-0.2, 0) is 10.8 Å². The number of benzene rings is 1. The van der Waals surface area contributed by atoms with Gasteiger partial charge < -0.3 is 16.2 Å². The van der Waals surface area contributed by atoms with Crippen LogP contribution in [0.3, 0.4) is 0 Å². The standard InChI is InChI=1S/C28H46N4OS/c1-27(2)11-12-28(3,4)24-19-21(8-9-23(24)27)25-20-34-26(30-25)32-16-14-31(15-17-32)22(10-13-29)7-5-6-18-33/h8-9,19-20,22,26,30,33H,5-7,10-18,29H2,1-4H3. The summed E-state index contributed by atoms with van der Waals surface area (Å²) >= 11 is 1.91. The molecule has 2 aliphatic heterocycles. The van der Waals surface area contributed by atoms with Gasteiger partial charge in [-0.3, -0.25) is 9.80 Å². The zero-order chi connectivity index (χ0) is 24.3. The molecule has 5 nitrogen and oxygen atoms in total. The number of hydrogen-bond donors (Lipinski definition) is 3. The summed E-state index contributed by atoms with van der Waals surface area (Å²) in [5, 5.41) is 15.3. The Labute approximate surface area is 211 Å². The molecule has 0 spiro atoms. The molecule has 1 aromatic carbocycles. The van der Waals surface area contributed by atoms with E-state index in [2.05, 4.69) is 66.4 Å². The molecular weight excluding hydrogens is 440 g/mol. The number of unbranched alkanes of at least 4 members (excludes halogenated alkanes) is 1. The number of piperazine rings is 1. The molecule has 0 radical (unpaired) electrons. The Morgan fingerprint density at radius 3 is 2.41 bits per heavy atom. The Morgan fingerprint density at radius 2 is 1.74 bits per heavy atom. The highest BCUT2D eigenvalue weighted by molar-refractivity contribution is 8.03. The highest BCUT2D eigenvalue weighted by Gasteiger charge is 2.37. The van der Waals surface area contributed by atoms with Gasteiger partial charge in [0.15, 0.2) is 0 Å². The highest BCUT2D eigenvalue weighted by atomic mass is 32.2. The van der Waals surface area contributed by atoms with E-state index in [4.69, 9.17) is 10.8 Å². The quantitative estimate of drug-likeness (QED) is 0.448. The summed E-state index contributed by atoms with van der Waals surface area (Å²) in [4.78, 5) is 5.21. The first-order valence-corrected chi connectivity index (χ1v) is 14.3. The van der Waals surface area contributed by atoms with Crippen LogP contribution in [0.5, 0.6) is 0 Å². The first kappa shape index (κ1) is 26.0. The minimum Gasteiger partial charge on any atom is -0.396 e. The van der Waals surface area contributed by atoms with E-state index in [1.165, 1.54) is 35.2 Å². The number of aliphatic hydroxyl groups is 1. The van der Waals surface area contributed by atoms with Crippen LogP contribution in [0, 0.1) is 0 Å². The second kappa shape index (κ2) is 10.9. The topological polar surface area (TPSA) is 64.8 Å². The van der Waals surface area contributed by atoms with Crippen LogP contribution in [0.4, 0.5) is 0 Å². The molecule has 4 rings (SSSR count). The van der Waals surface area contributed by atoms with E-state index in [0.717, 1.165) is 58.4 Å².